The Morgan fingerprint density at radius 1 is 1.25 bits per heavy atom. The highest BCUT2D eigenvalue weighted by Crippen LogP contribution is 2.18. The van der Waals surface area contributed by atoms with Gasteiger partial charge in [-0.25, -0.2) is 8.78 Å². The molecule has 0 spiro atoms. The van der Waals surface area contributed by atoms with Gasteiger partial charge in [-0.1, -0.05) is 6.07 Å². The van der Waals surface area contributed by atoms with Gasteiger partial charge in [-0.05, 0) is 43.2 Å². The Balaban J connectivity index is 1.82. The molecule has 1 heterocycles. The maximum atomic E-state index is 13.0. The average Bonchev–Trinajstić information content (AvgIpc) is 2.94. The number of hydrogen-bond acceptors (Lipinski definition) is 3. The number of hydrogen-bond donors (Lipinski definition) is 2. The van der Waals surface area contributed by atoms with Crippen molar-refractivity contribution in [1.82, 2.24) is 5.32 Å². The third kappa shape index (κ3) is 3.88. The number of aliphatic hydroxyl groups excluding tert-OH is 1. The van der Waals surface area contributed by atoms with Gasteiger partial charge in [0.05, 0.1) is 6.26 Å². The van der Waals surface area contributed by atoms with Crippen LogP contribution < -0.4 is 5.32 Å². The molecule has 5 heteroatoms. The molecule has 3 nitrogen and oxygen atoms in total. The van der Waals surface area contributed by atoms with Gasteiger partial charge in [-0.15, -0.1) is 0 Å². The Kier molecular flexibility index (Phi) is 4.87. The van der Waals surface area contributed by atoms with E-state index in [0.717, 1.165) is 12.1 Å². The largest absolute Gasteiger partial charge is 0.467 e. The highest BCUT2D eigenvalue weighted by atomic mass is 19.2. The van der Waals surface area contributed by atoms with Gasteiger partial charge >= 0.3 is 0 Å². The van der Waals surface area contributed by atoms with Gasteiger partial charge in [-0.2, -0.15) is 0 Å². The molecule has 1 aromatic carbocycles. The van der Waals surface area contributed by atoms with Crippen LogP contribution in [0.25, 0.3) is 0 Å². The van der Waals surface area contributed by atoms with E-state index in [9.17, 15) is 13.9 Å². The van der Waals surface area contributed by atoms with Crippen LogP contribution in [0.1, 0.15) is 30.8 Å². The minimum absolute atomic E-state index is 0.00298. The lowest BCUT2D eigenvalue weighted by Crippen LogP contribution is -2.27. The molecule has 2 unspecified atom stereocenters. The number of benzene rings is 1. The third-order valence-electron chi connectivity index (χ3n) is 3.09. The molecule has 0 radical (unpaired) electrons. The quantitative estimate of drug-likeness (QED) is 0.855. The molecule has 2 N–H and O–H groups in total. The lowest BCUT2D eigenvalue weighted by molar-refractivity contribution is 0.128. The van der Waals surface area contributed by atoms with Crippen molar-refractivity contribution in [3.63, 3.8) is 0 Å². The van der Waals surface area contributed by atoms with Gasteiger partial charge in [-0.3, -0.25) is 0 Å². The molecule has 2 atom stereocenters. The van der Waals surface area contributed by atoms with E-state index in [1.54, 1.807) is 12.1 Å². The van der Waals surface area contributed by atoms with Crippen LogP contribution in [0.4, 0.5) is 8.78 Å². The standard InChI is InChI=1S/C15H17F2NO2/c1-10(7-14(19)15-3-2-6-20-15)18-9-11-4-5-12(16)13(17)8-11/h2-6,8,10,14,18-19H,7,9H2,1H3. The molecule has 0 aliphatic rings. The van der Waals surface area contributed by atoms with Crippen molar-refractivity contribution in [1.29, 1.82) is 0 Å². The Morgan fingerprint density at radius 3 is 2.70 bits per heavy atom. The Morgan fingerprint density at radius 2 is 2.05 bits per heavy atom. The summed E-state index contributed by atoms with van der Waals surface area (Å²) in [5.41, 5.74) is 0.656. The summed E-state index contributed by atoms with van der Waals surface area (Å²) < 4.78 is 31.0. The fourth-order valence-electron chi connectivity index (χ4n) is 1.96. The summed E-state index contributed by atoms with van der Waals surface area (Å²) >= 11 is 0. The van der Waals surface area contributed by atoms with Gasteiger partial charge in [0.1, 0.15) is 11.9 Å². The second-order valence-electron chi connectivity index (χ2n) is 4.80. The van der Waals surface area contributed by atoms with Crippen molar-refractivity contribution in [3.05, 3.63) is 59.6 Å². The SMILES string of the molecule is CC(CC(O)c1ccco1)NCc1ccc(F)c(F)c1. The van der Waals surface area contributed by atoms with Gasteiger partial charge < -0.3 is 14.8 Å². The molecule has 0 saturated carbocycles. The zero-order valence-electron chi connectivity index (χ0n) is 11.1. The number of halogens is 2. The van der Waals surface area contributed by atoms with E-state index in [0.29, 0.717) is 24.3 Å². The van der Waals surface area contributed by atoms with Crippen LogP contribution in [-0.4, -0.2) is 11.1 Å². The molecular formula is C15H17F2NO2. The first-order chi connectivity index (χ1) is 9.56. The summed E-state index contributed by atoms with van der Waals surface area (Å²) in [5, 5.41) is 13.1. The predicted molar refractivity (Wildman–Crippen MR) is 70.9 cm³/mol. The minimum Gasteiger partial charge on any atom is -0.467 e. The van der Waals surface area contributed by atoms with Crippen LogP contribution in [0.5, 0.6) is 0 Å². The van der Waals surface area contributed by atoms with E-state index in [-0.39, 0.29) is 6.04 Å². The Hall–Kier alpha value is -1.72. The average molecular weight is 281 g/mol. The third-order valence-corrected chi connectivity index (χ3v) is 3.09. The highest BCUT2D eigenvalue weighted by Gasteiger charge is 2.14. The fourth-order valence-corrected chi connectivity index (χ4v) is 1.96. The maximum absolute atomic E-state index is 13.0. The topological polar surface area (TPSA) is 45.4 Å². The molecule has 2 rings (SSSR count). The lowest BCUT2D eigenvalue weighted by Gasteiger charge is -2.16. The first-order valence-corrected chi connectivity index (χ1v) is 6.45. The highest BCUT2D eigenvalue weighted by molar-refractivity contribution is 5.17. The van der Waals surface area contributed by atoms with Crippen LogP contribution in [0.15, 0.2) is 41.0 Å². The smallest absolute Gasteiger partial charge is 0.159 e. The van der Waals surface area contributed by atoms with E-state index in [2.05, 4.69) is 5.32 Å². The number of furan rings is 1. The predicted octanol–water partition coefficient (Wildman–Crippen LogP) is 3.16. The Labute approximate surface area is 116 Å². The fraction of sp³-hybridized carbons (Fsp3) is 0.333. The van der Waals surface area contributed by atoms with E-state index >= 15 is 0 Å². The first-order valence-electron chi connectivity index (χ1n) is 6.45. The number of rotatable bonds is 6. The van der Waals surface area contributed by atoms with Gasteiger partial charge in [0, 0.05) is 12.6 Å². The van der Waals surface area contributed by atoms with Crippen LogP contribution in [0, 0.1) is 11.6 Å². The maximum Gasteiger partial charge on any atom is 0.159 e. The molecule has 0 bridgehead atoms. The summed E-state index contributed by atoms with van der Waals surface area (Å²) in [5.74, 6) is -1.19. The van der Waals surface area contributed by atoms with Gasteiger partial charge in [0.25, 0.3) is 0 Å². The van der Waals surface area contributed by atoms with Crippen molar-refractivity contribution >= 4 is 0 Å². The second-order valence-corrected chi connectivity index (χ2v) is 4.80. The van der Waals surface area contributed by atoms with E-state index < -0.39 is 17.7 Å². The van der Waals surface area contributed by atoms with Crippen LogP contribution >= 0.6 is 0 Å². The number of aliphatic hydroxyl groups is 1. The van der Waals surface area contributed by atoms with Crippen molar-refractivity contribution in [2.45, 2.75) is 32.0 Å². The molecule has 2 aromatic rings. The summed E-state index contributed by atoms with van der Waals surface area (Å²) in [6, 6.07) is 7.24. The van der Waals surface area contributed by atoms with E-state index in [1.165, 1.54) is 12.3 Å². The lowest BCUT2D eigenvalue weighted by atomic mass is 10.1. The zero-order valence-corrected chi connectivity index (χ0v) is 11.1. The van der Waals surface area contributed by atoms with Crippen molar-refractivity contribution in [2.24, 2.45) is 0 Å². The van der Waals surface area contributed by atoms with Gasteiger partial charge in [0.2, 0.25) is 0 Å². The molecule has 20 heavy (non-hydrogen) atoms. The summed E-state index contributed by atoms with van der Waals surface area (Å²) in [6.07, 6.45) is 1.30. The first kappa shape index (κ1) is 14.7. The normalized spacial score (nSPS) is 14.2. The van der Waals surface area contributed by atoms with Gasteiger partial charge in [0.15, 0.2) is 11.6 Å². The summed E-state index contributed by atoms with van der Waals surface area (Å²) in [7, 11) is 0. The van der Waals surface area contributed by atoms with Crippen LogP contribution in [0.3, 0.4) is 0 Å². The van der Waals surface area contributed by atoms with E-state index in [4.69, 9.17) is 4.42 Å². The van der Waals surface area contributed by atoms with Crippen LogP contribution in [-0.2, 0) is 6.54 Å². The summed E-state index contributed by atoms with van der Waals surface area (Å²) in [6.45, 7) is 2.31. The molecule has 0 fully saturated rings. The van der Waals surface area contributed by atoms with Crippen molar-refractivity contribution in [3.8, 4) is 0 Å². The minimum atomic E-state index is -0.854. The monoisotopic (exact) mass is 281 g/mol. The van der Waals surface area contributed by atoms with Crippen molar-refractivity contribution in [2.75, 3.05) is 0 Å². The summed E-state index contributed by atoms with van der Waals surface area (Å²) in [4.78, 5) is 0. The molecule has 0 aliphatic heterocycles. The molecule has 0 saturated heterocycles. The zero-order chi connectivity index (χ0) is 14.5. The Bertz CT molecular complexity index is 543. The number of nitrogens with one attached hydrogen (secondary N) is 1. The van der Waals surface area contributed by atoms with E-state index in [1.807, 2.05) is 6.92 Å². The molecular weight excluding hydrogens is 264 g/mol. The molecule has 108 valence electrons. The molecule has 1 aromatic heterocycles. The van der Waals surface area contributed by atoms with Crippen LogP contribution in [0.2, 0.25) is 0 Å². The van der Waals surface area contributed by atoms with Crippen molar-refractivity contribution < 1.29 is 18.3 Å². The molecule has 0 aliphatic carbocycles. The second kappa shape index (κ2) is 6.63. The molecule has 0 amide bonds.